The van der Waals surface area contributed by atoms with Crippen LogP contribution in [-0.4, -0.2) is 17.7 Å². The van der Waals surface area contributed by atoms with E-state index in [2.05, 4.69) is 15.2 Å². The fourth-order valence-electron chi connectivity index (χ4n) is 2.04. The van der Waals surface area contributed by atoms with Crippen LogP contribution in [0.4, 0.5) is 14.5 Å². The van der Waals surface area contributed by atoms with Gasteiger partial charge in [-0.2, -0.15) is 8.78 Å². The molecule has 0 spiro atoms. The summed E-state index contributed by atoms with van der Waals surface area (Å²) in [7, 11) is 0. The van der Waals surface area contributed by atoms with Gasteiger partial charge in [0.15, 0.2) is 0 Å². The third-order valence-corrected chi connectivity index (χ3v) is 3.15. The van der Waals surface area contributed by atoms with Gasteiger partial charge in [0.05, 0.1) is 5.69 Å². The third kappa shape index (κ3) is 4.28. The second-order valence-electron chi connectivity index (χ2n) is 4.75. The lowest BCUT2D eigenvalue weighted by molar-refractivity contribution is -0.116. The molecule has 0 atom stereocenters. The van der Waals surface area contributed by atoms with E-state index in [9.17, 15) is 13.6 Å². The molecule has 0 aliphatic rings. The molecule has 0 radical (unpaired) electrons. The number of ether oxygens (including phenoxy) is 1. The molecule has 2 aromatic rings. The van der Waals surface area contributed by atoms with Gasteiger partial charge in [0, 0.05) is 17.7 Å². The van der Waals surface area contributed by atoms with Gasteiger partial charge in [0.2, 0.25) is 5.91 Å². The second-order valence-corrected chi connectivity index (χ2v) is 4.75. The zero-order chi connectivity index (χ0) is 16.1. The Kier molecular flexibility index (Phi) is 5.08. The molecular weight excluding hydrogens is 294 g/mol. The first kappa shape index (κ1) is 15.9. The van der Waals surface area contributed by atoms with Gasteiger partial charge in [-0.3, -0.25) is 4.79 Å². The molecule has 22 heavy (non-hydrogen) atoms. The zero-order valence-electron chi connectivity index (χ0n) is 12.2. The van der Waals surface area contributed by atoms with Gasteiger partial charge >= 0.3 is 6.61 Å². The highest BCUT2D eigenvalue weighted by molar-refractivity contribution is 5.90. The number of halogens is 2. The van der Waals surface area contributed by atoms with E-state index in [1.165, 1.54) is 24.3 Å². The van der Waals surface area contributed by atoms with Crippen LogP contribution in [0.5, 0.6) is 5.75 Å². The topological polar surface area (TPSA) is 64.4 Å². The number of amides is 1. The van der Waals surface area contributed by atoms with Gasteiger partial charge in [-0.05, 0) is 44.5 Å². The Hall–Kier alpha value is -2.44. The molecule has 0 bridgehead atoms. The molecule has 0 fully saturated rings. The van der Waals surface area contributed by atoms with Gasteiger partial charge in [0.25, 0.3) is 0 Å². The largest absolute Gasteiger partial charge is 0.435 e. The first-order valence-electron chi connectivity index (χ1n) is 6.72. The van der Waals surface area contributed by atoms with Crippen molar-refractivity contribution in [3.63, 3.8) is 0 Å². The number of aryl methyl sites for hydroxylation is 2. The van der Waals surface area contributed by atoms with Crippen molar-refractivity contribution >= 4 is 11.6 Å². The summed E-state index contributed by atoms with van der Waals surface area (Å²) in [6, 6.07) is 5.75. The van der Waals surface area contributed by atoms with Crippen LogP contribution in [0.1, 0.15) is 23.4 Å². The second kappa shape index (κ2) is 7.02. The Morgan fingerprint density at radius 1 is 1.32 bits per heavy atom. The van der Waals surface area contributed by atoms with E-state index >= 15 is 0 Å². The first-order chi connectivity index (χ1) is 10.5. The number of nitrogens with one attached hydrogen (secondary N) is 1. The lowest BCUT2D eigenvalue weighted by Gasteiger charge is -2.07. The van der Waals surface area contributed by atoms with Crippen molar-refractivity contribution in [3.05, 3.63) is 41.3 Å². The SMILES string of the molecule is Cc1noc(C)c1CCC(=O)Nc1ccc(OC(F)F)cc1. The minimum Gasteiger partial charge on any atom is -0.435 e. The molecule has 0 saturated heterocycles. The van der Waals surface area contributed by atoms with Crippen molar-refractivity contribution in [2.75, 3.05) is 5.32 Å². The number of alkyl halides is 2. The molecule has 2 rings (SSSR count). The monoisotopic (exact) mass is 310 g/mol. The highest BCUT2D eigenvalue weighted by Crippen LogP contribution is 2.18. The number of carbonyl (C=O) groups excluding carboxylic acids is 1. The van der Waals surface area contributed by atoms with Crippen LogP contribution in [0.25, 0.3) is 0 Å². The summed E-state index contributed by atoms with van der Waals surface area (Å²) in [4.78, 5) is 11.9. The third-order valence-electron chi connectivity index (χ3n) is 3.15. The van der Waals surface area contributed by atoms with E-state index in [1.54, 1.807) is 6.92 Å². The molecule has 118 valence electrons. The number of nitrogens with zero attached hydrogens (tertiary/aromatic N) is 1. The molecule has 1 heterocycles. The van der Waals surface area contributed by atoms with Crippen LogP contribution in [0.2, 0.25) is 0 Å². The Labute approximate surface area is 126 Å². The number of hydrogen-bond acceptors (Lipinski definition) is 4. The number of hydrogen-bond donors (Lipinski definition) is 1. The van der Waals surface area contributed by atoms with Gasteiger partial charge in [-0.15, -0.1) is 0 Å². The van der Waals surface area contributed by atoms with Crippen molar-refractivity contribution in [2.45, 2.75) is 33.3 Å². The molecule has 0 saturated carbocycles. The Bertz CT molecular complexity index is 619. The van der Waals surface area contributed by atoms with Crippen LogP contribution in [0, 0.1) is 13.8 Å². The molecule has 1 aromatic carbocycles. The van der Waals surface area contributed by atoms with Gasteiger partial charge in [-0.1, -0.05) is 5.16 Å². The predicted molar refractivity (Wildman–Crippen MR) is 76.0 cm³/mol. The summed E-state index contributed by atoms with van der Waals surface area (Å²) in [5, 5.41) is 6.52. The summed E-state index contributed by atoms with van der Waals surface area (Å²) >= 11 is 0. The molecule has 1 amide bonds. The molecule has 0 aliphatic carbocycles. The van der Waals surface area contributed by atoms with Crippen LogP contribution < -0.4 is 10.1 Å². The average Bonchev–Trinajstić information content (AvgIpc) is 2.77. The van der Waals surface area contributed by atoms with Gasteiger partial charge in [-0.25, -0.2) is 0 Å². The van der Waals surface area contributed by atoms with E-state index in [1.807, 2.05) is 6.92 Å². The Morgan fingerprint density at radius 3 is 2.55 bits per heavy atom. The lowest BCUT2D eigenvalue weighted by Crippen LogP contribution is -2.12. The quantitative estimate of drug-likeness (QED) is 0.887. The molecule has 7 heteroatoms. The fraction of sp³-hybridized carbons (Fsp3) is 0.333. The van der Waals surface area contributed by atoms with E-state index < -0.39 is 6.61 Å². The standard InChI is InChI=1S/C15H16F2N2O3/c1-9-13(10(2)22-19-9)7-8-14(20)18-11-3-5-12(6-4-11)21-15(16)17/h3-6,15H,7-8H2,1-2H3,(H,18,20). The van der Waals surface area contributed by atoms with Crippen LogP contribution in [0.3, 0.4) is 0 Å². The number of carbonyl (C=O) groups is 1. The van der Waals surface area contributed by atoms with Gasteiger partial charge < -0.3 is 14.6 Å². The number of anilines is 1. The van der Waals surface area contributed by atoms with Crippen LogP contribution in [-0.2, 0) is 11.2 Å². The van der Waals surface area contributed by atoms with Crippen molar-refractivity contribution in [1.29, 1.82) is 0 Å². The van der Waals surface area contributed by atoms with Crippen molar-refractivity contribution in [3.8, 4) is 5.75 Å². The first-order valence-corrected chi connectivity index (χ1v) is 6.72. The summed E-state index contributed by atoms with van der Waals surface area (Å²) in [6.45, 7) is 0.760. The maximum atomic E-state index is 12.0. The lowest BCUT2D eigenvalue weighted by atomic mass is 10.1. The van der Waals surface area contributed by atoms with E-state index in [4.69, 9.17) is 4.52 Å². The van der Waals surface area contributed by atoms with Gasteiger partial charge in [0.1, 0.15) is 11.5 Å². The van der Waals surface area contributed by atoms with E-state index in [0.717, 1.165) is 11.3 Å². The maximum Gasteiger partial charge on any atom is 0.387 e. The average molecular weight is 310 g/mol. The normalized spacial score (nSPS) is 10.8. The van der Waals surface area contributed by atoms with E-state index in [-0.39, 0.29) is 18.1 Å². The molecular formula is C15H16F2N2O3. The van der Waals surface area contributed by atoms with Crippen molar-refractivity contribution in [2.24, 2.45) is 0 Å². The maximum absolute atomic E-state index is 12.0. The van der Waals surface area contributed by atoms with Crippen molar-refractivity contribution < 1.29 is 22.8 Å². The fourth-order valence-corrected chi connectivity index (χ4v) is 2.04. The summed E-state index contributed by atoms with van der Waals surface area (Å²) in [5.41, 5.74) is 2.22. The molecule has 5 nitrogen and oxygen atoms in total. The molecule has 1 N–H and O–H groups in total. The summed E-state index contributed by atoms with van der Waals surface area (Å²) in [5.74, 6) is 0.574. The van der Waals surface area contributed by atoms with Crippen LogP contribution >= 0.6 is 0 Å². The zero-order valence-corrected chi connectivity index (χ0v) is 12.2. The molecule has 1 aromatic heterocycles. The Morgan fingerprint density at radius 2 is 2.00 bits per heavy atom. The molecule has 0 unspecified atom stereocenters. The summed E-state index contributed by atoms with van der Waals surface area (Å²) < 4.78 is 33.3. The van der Waals surface area contributed by atoms with Crippen LogP contribution in [0.15, 0.2) is 28.8 Å². The smallest absolute Gasteiger partial charge is 0.387 e. The summed E-state index contributed by atoms with van der Waals surface area (Å²) in [6.07, 6.45) is 0.803. The number of benzene rings is 1. The number of aromatic nitrogens is 1. The minimum absolute atomic E-state index is 0.0451. The predicted octanol–water partition coefficient (Wildman–Crippen LogP) is 3.46. The van der Waals surface area contributed by atoms with Crippen molar-refractivity contribution in [1.82, 2.24) is 5.16 Å². The molecule has 0 aliphatic heterocycles. The Balaban J connectivity index is 1.87. The number of rotatable bonds is 6. The minimum atomic E-state index is -2.87. The van der Waals surface area contributed by atoms with E-state index in [0.29, 0.717) is 17.9 Å². The highest BCUT2D eigenvalue weighted by atomic mass is 19.3. The highest BCUT2D eigenvalue weighted by Gasteiger charge is 2.11.